The summed E-state index contributed by atoms with van der Waals surface area (Å²) in [4.78, 5) is 12.0. The third kappa shape index (κ3) is 5.74. The minimum atomic E-state index is 0.0522. The van der Waals surface area contributed by atoms with E-state index in [1.807, 2.05) is 25.1 Å². The van der Waals surface area contributed by atoms with E-state index in [9.17, 15) is 4.79 Å². The Kier molecular flexibility index (Phi) is 6.01. The fourth-order valence-electron chi connectivity index (χ4n) is 1.92. The van der Waals surface area contributed by atoms with Crippen LogP contribution >= 0.6 is 15.9 Å². The Balaban J connectivity index is 2.54. The second kappa shape index (κ2) is 7.06. The van der Waals surface area contributed by atoms with Crippen molar-refractivity contribution in [3.8, 4) is 0 Å². The number of hydrogen-bond acceptors (Lipinski definition) is 2. The molecule has 0 heterocycles. The van der Waals surface area contributed by atoms with Gasteiger partial charge in [-0.3, -0.25) is 4.79 Å². The molecule has 0 aromatic heterocycles. The maximum absolute atomic E-state index is 12.0. The molecule has 0 saturated heterocycles. The van der Waals surface area contributed by atoms with Gasteiger partial charge >= 0.3 is 0 Å². The fraction of sp³-hybridized carbons (Fsp3) is 0.533. The summed E-state index contributed by atoms with van der Waals surface area (Å²) in [5.41, 5.74) is 7.66. The van der Waals surface area contributed by atoms with Gasteiger partial charge in [0, 0.05) is 10.9 Å². The van der Waals surface area contributed by atoms with E-state index in [2.05, 4.69) is 35.1 Å². The van der Waals surface area contributed by atoms with Crippen molar-refractivity contribution in [2.24, 2.45) is 11.1 Å². The van der Waals surface area contributed by atoms with E-state index >= 15 is 0 Å². The minimum Gasteiger partial charge on any atom is -0.330 e. The third-order valence-electron chi connectivity index (χ3n) is 3.25. The van der Waals surface area contributed by atoms with Crippen molar-refractivity contribution in [1.29, 1.82) is 0 Å². The molecule has 1 aromatic carbocycles. The highest BCUT2D eigenvalue weighted by Gasteiger charge is 2.18. The van der Waals surface area contributed by atoms with Gasteiger partial charge in [-0.2, -0.15) is 0 Å². The highest BCUT2D eigenvalue weighted by Crippen LogP contribution is 2.27. The predicted octanol–water partition coefficient (Wildman–Crippen LogP) is 3.85. The number of halogens is 1. The molecule has 0 unspecified atom stereocenters. The zero-order valence-electron chi connectivity index (χ0n) is 11.9. The number of anilines is 1. The van der Waals surface area contributed by atoms with E-state index in [1.54, 1.807) is 0 Å². The van der Waals surface area contributed by atoms with Crippen LogP contribution in [0.5, 0.6) is 0 Å². The number of nitrogens with two attached hydrogens (primary N) is 1. The van der Waals surface area contributed by atoms with Crippen LogP contribution in [0, 0.1) is 12.3 Å². The van der Waals surface area contributed by atoms with Gasteiger partial charge in [0.2, 0.25) is 5.91 Å². The SMILES string of the molecule is Cc1ccc(Br)c(NC(=O)CCC(C)(C)CCN)c1. The van der Waals surface area contributed by atoms with E-state index in [1.165, 1.54) is 0 Å². The van der Waals surface area contributed by atoms with Crippen molar-refractivity contribution in [1.82, 2.24) is 0 Å². The van der Waals surface area contributed by atoms with Crippen molar-refractivity contribution in [3.05, 3.63) is 28.2 Å². The average molecular weight is 327 g/mol. The van der Waals surface area contributed by atoms with Gasteiger partial charge in [-0.1, -0.05) is 19.9 Å². The van der Waals surface area contributed by atoms with Gasteiger partial charge in [-0.25, -0.2) is 0 Å². The van der Waals surface area contributed by atoms with Gasteiger partial charge in [0.1, 0.15) is 0 Å². The molecule has 4 heteroatoms. The Morgan fingerprint density at radius 3 is 2.68 bits per heavy atom. The van der Waals surface area contributed by atoms with Gasteiger partial charge in [-0.15, -0.1) is 0 Å². The largest absolute Gasteiger partial charge is 0.330 e. The number of carbonyl (C=O) groups is 1. The van der Waals surface area contributed by atoms with Crippen LogP contribution in [-0.4, -0.2) is 12.5 Å². The van der Waals surface area contributed by atoms with Gasteiger partial charge in [0.05, 0.1) is 5.69 Å². The van der Waals surface area contributed by atoms with Crippen molar-refractivity contribution in [2.45, 2.75) is 40.0 Å². The number of carbonyl (C=O) groups excluding carboxylic acids is 1. The van der Waals surface area contributed by atoms with Crippen LogP contribution in [-0.2, 0) is 4.79 Å². The molecule has 1 aromatic rings. The Labute approximate surface area is 124 Å². The van der Waals surface area contributed by atoms with Gasteiger partial charge < -0.3 is 11.1 Å². The quantitative estimate of drug-likeness (QED) is 0.834. The number of aryl methyl sites for hydroxylation is 1. The lowest BCUT2D eigenvalue weighted by Crippen LogP contribution is -2.20. The van der Waals surface area contributed by atoms with Crippen LogP contribution < -0.4 is 11.1 Å². The molecule has 19 heavy (non-hydrogen) atoms. The lowest BCUT2D eigenvalue weighted by atomic mass is 9.84. The first-order valence-electron chi connectivity index (χ1n) is 6.60. The Hall–Kier alpha value is -0.870. The number of amides is 1. The zero-order chi connectivity index (χ0) is 14.5. The fourth-order valence-corrected chi connectivity index (χ4v) is 2.26. The van der Waals surface area contributed by atoms with Crippen molar-refractivity contribution in [2.75, 3.05) is 11.9 Å². The summed E-state index contributed by atoms with van der Waals surface area (Å²) in [7, 11) is 0. The van der Waals surface area contributed by atoms with Gasteiger partial charge in [0.25, 0.3) is 0 Å². The molecule has 1 rings (SSSR count). The standard InChI is InChI=1S/C15H23BrN2O/c1-11-4-5-12(16)13(10-11)18-14(19)6-7-15(2,3)8-9-17/h4-5,10H,6-9,17H2,1-3H3,(H,18,19). The van der Waals surface area contributed by atoms with E-state index < -0.39 is 0 Å². The second-order valence-corrected chi connectivity index (χ2v) is 6.59. The monoisotopic (exact) mass is 326 g/mol. The van der Waals surface area contributed by atoms with Crippen molar-refractivity contribution >= 4 is 27.5 Å². The second-order valence-electron chi connectivity index (χ2n) is 5.73. The number of rotatable bonds is 6. The van der Waals surface area contributed by atoms with Crippen LogP contribution in [0.4, 0.5) is 5.69 Å². The van der Waals surface area contributed by atoms with Crippen LogP contribution in [0.15, 0.2) is 22.7 Å². The summed E-state index contributed by atoms with van der Waals surface area (Å²) in [5.74, 6) is 0.0522. The first kappa shape index (κ1) is 16.2. The lowest BCUT2D eigenvalue weighted by molar-refractivity contribution is -0.116. The molecule has 0 aliphatic heterocycles. The molecular weight excluding hydrogens is 304 g/mol. The van der Waals surface area contributed by atoms with Gasteiger partial charge in [0.15, 0.2) is 0 Å². The molecular formula is C15H23BrN2O. The Morgan fingerprint density at radius 2 is 2.05 bits per heavy atom. The van der Waals surface area contributed by atoms with Crippen LogP contribution in [0.25, 0.3) is 0 Å². The van der Waals surface area contributed by atoms with E-state index in [0.717, 1.165) is 28.6 Å². The van der Waals surface area contributed by atoms with Crippen molar-refractivity contribution in [3.63, 3.8) is 0 Å². The average Bonchev–Trinajstić information content (AvgIpc) is 2.31. The summed E-state index contributed by atoms with van der Waals surface area (Å²) in [6.45, 7) is 6.97. The van der Waals surface area contributed by atoms with Crippen LogP contribution in [0.1, 0.15) is 38.7 Å². The van der Waals surface area contributed by atoms with Gasteiger partial charge in [-0.05, 0) is 65.4 Å². The molecule has 0 bridgehead atoms. The third-order valence-corrected chi connectivity index (χ3v) is 3.94. The molecule has 0 radical (unpaired) electrons. The summed E-state index contributed by atoms with van der Waals surface area (Å²) in [5, 5.41) is 2.95. The molecule has 0 aliphatic rings. The maximum Gasteiger partial charge on any atom is 0.224 e. The molecule has 3 N–H and O–H groups in total. The molecule has 3 nitrogen and oxygen atoms in total. The first-order valence-corrected chi connectivity index (χ1v) is 7.39. The van der Waals surface area contributed by atoms with E-state index in [0.29, 0.717) is 13.0 Å². The minimum absolute atomic E-state index is 0.0522. The molecule has 1 amide bonds. The van der Waals surface area contributed by atoms with E-state index in [-0.39, 0.29) is 11.3 Å². The summed E-state index contributed by atoms with van der Waals surface area (Å²) in [6, 6.07) is 5.92. The maximum atomic E-state index is 12.0. The van der Waals surface area contributed by atoms with Crippen LogP contribution in [0.2, 0.25) is 0 Å². The predicted molar refractivity (Wildman–Crippen MR) is 84.2 cm³/mol. The van der Waals surface area contributed by atoms with E-state index in [4.69, 9.17) is 5.73 Å². The molecule has 0 atom stereocenters. The first-order chi connectivity index (χ1) is 8.84. The van der Waals surface area contributed by atoms with Crippen molar-refractivity contribution < 1.29 is 4.79 Å². The smallest absolute Gasteiger partial charge is 0.224 e. The number of hydrogen-bond donors (Lipinski definition) is 2. The molecule has 0 fully saturated rings. The normalized spacial score (nSPS) is 11.4. The summed E-state index contributed by atoms with van der Waals surface area (Å²) < 4.78 is 0.910. The zero-order valence-corrected chi connectivity index (χ0v) is 13.5. The highest BCUT2D eigenvalue weighted by atomic mass is 79.9. The number of nitrogens with one attached hydrogen (secondary N) is 1. The molecule has 0 aliphatic carbocycles. The topological polar surface area (TPSA) is 55.1 Å². The highest BCUT2D eigenvalue weighted by molar-refractivity contribution is 9.10. The Morgan fingerprint density at radius 1 is 1.37 bits per heavy atom. The summed E-state index contributed by atoms with van der Waals surface area (Å²) in [6.07, 6.45) is 2.31. The molecule has 0 spiro atoms. The number of benzene rings is 1. The molecule has 0 saturated carbocycles. The van der Waals surface area contributed by atoms with Crippen LogP contribution in [0.3, 0.4) is 0 Å². The lowest BCUT2D eigenvalue weighted by Gasteiger charge is -2.23. The molecule has 106 valence electrons. The Bertz CT molecular complexity index is 444. The summed E-state index contributed by atoms with van der Waals surface area (Å²) >= 11 is 3.44.